The van der Waals surface area contributed by atoms with Gasteiger partial charge in [0.1, 0.15) is 16.0 Å². The fourth-order valence-corrected chi connectivity index (χ4v) is 2.80. The Kier molecular flexibility index (Phi) is 6.49. The third kappa shape index (κ3) is 4.41. The first-order valence-corrected chi connectivity index (χ1v) is 8.32. The minimum atomic E-state index is -0.166. The maximum Gasteiger partial charge on any atom is 0.251 e. The number of nitrogens with zero attached hydrogens (tertiary/aromatic N) is 1. The Balaban J connectivity index is 1.97. The van der Waals surface area contributed by atoms with E-state index in [1.807, 2.05) is 37.4 Å². The lowest BCUT2D eigenvalue weighted by Crippen LogP contribution is -2.33. The average molecular weight is 393 g/mol. The topological polar surface area (TPSA) is 50.8 Å². The number of halogens is 1. The monoisotopic (exact) mass is 392 g/mol. The number of likely N-dealkylation sites (N-methyl/N-ethyl adjacent to an activating group) is 1. The van der Waals surface area contributed by atoms with E-state index in [4.69, 9.17) is 9.47 Å². The highest BCUT2D eigenvalue weighted by molar-refractivity contribution is 9.10. The summed E-state index contributed by atoms with van der Waals surface area (Å²) >= 11 is 3.39. The van der Waals surface area contributed by atoms with Gasteiger partial charge in [-0.3, -0.25) is 4.79 Å². The van der Waals surface area contributed by atoms with E-state index in [2.05, 4.69) is 26.1 Å². The maximum absolute atomic E-state index is 12.4. The first kappa shape index (κ1) is 18.1. The molecule has 2 aromatic rings. The predicted octanol–water partition coefficient (Wildman–Crippen LogP) is 3.33. The maximum atomic E-state index is 12.4. The van der Waals surface area contributed by atoms with E-state index in [-0.39, 0.29) is 5.91 Å². The molecular weight excluding hydrogens is 372 g/mol. The van der Waals surface area contributed by atoms with Crippen molar-refractivity contribution in [2.75, 3.05) is 39.3 Å². The molecule has 2 aromatic carbocycles. The Morgan fingerprint density at radius 1 is 1.12 bits per heavy atom. The van der Waals surface area contributed by atoms with Crippen molar-refractivity contribution in [1.29, 1.82) is 0 Å². The zero-order valence-electron chi connectivity index (χ0n) is 14.0. The third-order valence-electron chi connectivity index (χ3n) is 3.64. The van der Waals surface area contributed by atoms with Crippen LogP contribution in [0.15, 0.2) is 46.9 Å². The molecule has 5 nitrogen and oxygen atoms in total. The van der Waals surface area contributed by atoms with Crippen LogP contribution in [0.1, 0.15) is 10.4 Å². The molecule has 0 saturated heterocycles. The molecule has 1 N–H and O–H groups in total. The van der Waals surface area contributed by atoms with Gasteiger partial charge in [-0.1, -0.05) is 18.2 Å². The number of methoxy groups -OCH3 is 2. The minimum absolute atomic E-state index is 0.166. The standard InChI is InChI=1S/C18H21BrN2O3/c1-21(14-7-5-4-6-8-14)10-9-20-18(22)13-11-15(23-2)17(19)16(12-13)24-3/h4-8,11-12H,9-10H2,1-3H3,(H,20,22). The molecule has 0 aliphatic carbocycles. The number of benzene rings is 2. The highest BCUT2D eigenvalue weighted by Crippen LogP contribution is 2.35. The van der Waals surface area contributed by atoms with Gasteiger partial charge < -0.3 is 19.7 Å². The summed E-state index contributed by atoms with van der Waals surface area (Å²) in [6.07, 6.45) is 0. The third-order valence-corrected chi connectivity index (χ3v) is 4.42. The highest BCUT2D eigenvalue weighted by Gasteiger charge is 2.14. The Morgan fingerprint density at radius 2 is 1.71 bits per heavy atom. The zero-order chi connectivity index (χ0) is 17.5. The summed E-state index contributed by atoms with van der Waals surface area (Å²) in [7, 11) is 5.10. The number of anilines is 1. The van der Waals surface area contributed by atoms with Crippen LogP contribution in [0.5, 0.6) is 11.5 Å². The summed E-state index contributed by atoms with van der Waals surface area (Å²) in [5.74, 6) is 0.947. The lowest BCUT2D eigenvalue weighted by atomic mass is 10.2. The number of nitrogens with one attached hydrogen (secondary N) is 1. The number of para-hydroxylation sites is 1. The van der Waals surface area contributed by atoms with Crippen molar-refractivity contribution in [2.24, 2.45) is 0 Å². The number of carbonyl (C=O) groups excluding carboxylic acids is 1. The zero-order valence-corrected chi connectivity index (χ0v) is 15.6. The van der Waals surface area contributed by atoms with Gasteiger partial charge in [0, 0.05) is 31.4 Å². The fraction of sp³-hybridized carbons (Fsp3) is 0.278. The summed E-state index contributed by atoms with van der Waals surface area (Å²) in [6.45, 7) is 1.24. The number of hydrogen-bond acceptors (Lipinski definition) is 4. The molecule has 0 heterocycles. The molecule has 0 aliphatic rings. The van der Waals surface area contributed by atoms with Gasteiger partial charge in [0.2, 0.25) is 0 Å². The lowest BCUT2D eigenvalue weighted by Gasteiger charge is -2.19. The number of rotatable bonds is 7. The van der Waals surface area contributed by atoms with Crippen LogP contribution in [0.4, 0.5) is 5.69 Å². The lowest BCUT2D eigenvalue weighted by molar-refractivity contribution is 0.0954. The second-order valence-corrected chi connectivity index (χ2v) is 6.00. The average Bonchev–Trinajstić information content (AvgIpc) is 2.62. The van der Waals surface area contributed by atoms with E-state index in [1.54, 1.807) is 26.4 Å². The Bertz CT molecular complexity index is 667. The molecule has 2 rings (SSSR count). The van der Waals surface area contributed by atoms with E-state index in [9.17, 15) is 4.79 Å². The molecule has 0 fully saturated rings. The second kappa shape index (κ2) is 8.59. The van der Waals surface area contributed by atoms with Gasteiger partial charge in [-0.25, -0.2) is 0 Å². The van der Waals surface area contributed by atoms with Crippen molar-refractivity contribution < 1.29 is 14.3 Å². The molecule has 6 heteroatoms. The Hall–Kier alpha value is -2.21. The second-order valence-electron chi connectivity index (χ2n) is 5.21. The summed E-state index contributed by atoms with van der Waals surface area (Å²) in [5, 5.41) is 2.91. The van der Waals surface area contributed by atoms with E-state index in [1.165, 1.54) is 0 Å². The Labute approximate surface area is 150 Å². The molecule has 128 valence electrons. The summed E-state index contributed by atoms with van der Waals surface area (Å²) in [5.41, 5.74) is 1.60. The smallest absolute Gasteiger partial charge is 0.251 e. The number of ether oxygens (including phenoxy) is 2. The molecule has 0 bridgehead atoms. The highest BCUT2D eigenvalue weighted by atomic mass is 79.9. The van der Waals surface area contributed by atoms with Gasteiger partial charge in [0.15, 0.2) is 0 Å². The van der Waals surface area contributed by atoms with Crippen LogP contribution >= 0.6 is 15.9 Å². The molecule has 0 radical (unpaired) electrons. The van der Waals surface area contributed by atoms with Crippen molar-refractivity contribution in [1.82, 2.24) is 5.32 Å². The van der Waals surface area contributed by atoms with Crippen molar-refractivity contribution in [3.05, 3.63) is 52.5 Å². The summed E-state index contributed by atoms with van der Waals surface area (Å²) in [6, 6.07) is 13.4. The molecule has 0 atom stereocenters. The number of carbonyl (C=O) groups is 1. The van der Waals surface area contributed by atoms with Crippen LogP contribution in [0.3, 0.4) is 0 Å². The first-order valence-electron chi connectivity index (χ1n) is 7.52. The van der Waals surface area contributed by atoms with Gasteiger partial charge in [-0.2, -0.15) is 0 Å². The van der Waals surface area contributed by atoms with E-state index in [0.717, 1.165) is 5.69 Å². The van der Waals surface area contributed by atoms with E-state index < -0.39 is 0 Å². The van der Waals surface area contributed by atoms with Crippen LogP contribution < -0.4 is 19.7 Å². The number of hydrogen-bond donors (Lipinski definition) is 1. The molecular formula is C18H21BrN2O3. The molecule has 0 spiro atoms. The van der Waals surface area contributed by atoms with Gasteiger partial charge in [0.05, 0.1) is 14.2 Å². The van der Waals surface area contributed by atoms with Crippen LogP contribution in [0.2, 0.25) is 0 Å². The van der Waals surface area contributed by atoms with Crippen LogP contribution in [-0.2, 0) is 0 Å². The van der Waals surface area contributed by atoms with E-state index >= 15 is 0 Å². The van der Waals surface area contributed by atoms with Crippen molar-refractivity contribution in [3.8, 4) is 11.5 Å². The SMILES string of the molecule is COc1cc(C(=O)NCCN(C)c2ccccc2)cc(OC)c1Br. The normalized spacial score (nSPS) is 10.2. The van der Waals surface area contributed by atoms with Crippen LogP contribution in [-0.4, -0.2) is 40.3 Å². The fourth-order valence-electron chi connectivity index (χ4n) is 2.25. The molecule has 0 unspecified atom stereocenters. The Morgan fingerprint density at radius 3 is 2.25 bits per heavy atom. The minimum Gasteiger partial charge on any atom is -0.495 e. The van der Waals surface area contributed by atoms with Crippen LogP contribution in [0, 0.1) is 0 Å². The summed E-state index contributed by atoms with van der Waals surface area (Å²) in [4.78, 5) is 14.4. The van der Waals surface area contributed by atoms with Gasteiger partial charge in [-0.15, -0.1) is 0 Å². The summed E-state index contributed by atoms with van der Waals surface area (Å²) < 4.78 is 11.2. The molecule has 0 aromatic heterocycles. The van der Waals surface area contributed by atoms with Crippen LogP contribution in [0.25, 0.3) is 0 Å². The predicted molar refractivity (Wildman–Crippen MR) is 99.3 cm³/mol. The molecule has 0 aliphatic heterocycles. The van der Waals surface area contributed by atoms with Gasteiger partial charge in [0.25, 0.3) is 5.91 Å². The molecule has 0 saturated carbocycles. The van der Waals surface area contributed by atoms with E-state index in [0.29, 0.717) is 34.6 Å². The van der Waals surface area contributed by atoms with Crippen molar-refractivity contribution in [3.63, 3.8) is 0 Å². The van der Waals surface area contributed by atoms with Crippen molar-refractivity contribution >= 4 is 27.5 Å². The quantitative estimate of drug-likeness (QED) is 0.784. The first-order chi connectivity index (χ1) is 11.6. The van der Waals surface area contributed by atoms with Gasteiger partial charge in [-0.05, 0) is 40.2 Å². The van der Waals surface area contributed by atoms with Gasteiger partial charge >= 0.3 is 0 Å². The molecule has 1 amide bonds. The number of amides is 1. The van der Waals surface area contributed by atoms with Crippen molar-refractivity contribution in [2.45, 2.75) is 0 Å². The molecule has 24 heavy (non-hydrogen) atoms. The largest absolute Gasteiger partial charge is 0.495 e.